The number of nitrogens with zero attached hydrogens (tertiary/aromatic N) is 3. The molecule has 2 aromatic carbocycles. The molecule has 0 bridgehead atoms. The summed E-state index contributed by atoms with van der Waals surface area (Å²) in [5, 5.41) is 31.5. The Morgan fingerprint density at radius 1 is 0.837 bits per heavy atom. The summed E-state index contributed by atoms with van der Waals surface area (Å²) in [5.74, 6) is -2.21. The van der Waals surface area contributed by atoms with E-state index in [9.17, 15) is 25.1 Å². The molecular weight excluding hydrogens is 617 g/mol. The van der Waals surface area contributed by atoms with Crippen LogP contribution in [0.15, 0.2) is 47.7 Å². The van der Waals surface area contributed by atoms with Gasteiger partial charge in [0.05, 0.1) is 17.5 Å². The number of anilines is 1. The van der Waals surface area contributed by atoms with Gasteiger partial charge in [-0.3, -0.25) is 9.59 Å². The van der Waals surface area contributed by atoms with Crippen molar-refractivity contribution in [1.29, 1.82) is 5.26 Å². The molecule has 264 valence electrons. The number of unbranched alkanes of at least 4 members (excludes halogenated alkanes) is 4. The maximum absolute atomic E-state index is 15.3. The predicted molar refractivity (Wildman–Crippen MR) is 193 cm³/mol. The summed E-state index contributed by atoms with van der Waals surface area (Å²) < 4.78 is 17.4. The molecule has 2 aromatic rings. The van der Waals surface area contributed by atoms with E-state index in [4.69, 9.17) is 0 Å². The molecule has 4 rings (SSSR count). The van der Waals surface area contributed by atoms with Crippen LogP contribution in [0, 0.1) is 24.1 Å². The third-order valence-electron chi connectivity index (χ3n) is 10.7. The van der Waals surface area contributed by atoms with Gasteiger partial charge in [-0.25, -0.2) is 4.39 Å². The van der Waals surface area contributed by atoms with Crippen LogP contribution in [-0.4, -0.2) is 45.5 Å². The van der Waals surface area contributed by atoms with E-state index in [0.29, 0.717) is 18.4 Å². The topological polar surface area (TPSA) is 105 Å². The summed E-state index contributed by atoms with van der Waals surface area (Å²) >= 11 is 0. The molecule has 0 spiro atoms. The molecule has 8 heteroatoms. The standard InChI is InChI=1S/C41H54FN3O4/c1-6-10-21-40(22-11-7-2)32-16-14-15-29(5)37(32)45(26-20-36(48)49)39(40)31(28-43)38-41(23-12-8-3,24-13-9-4)33-27-30(42)17-18-34(33)44(38)25-19-35(46)47/h14-18,27H,6-13,19-26H2,1-5H3,(H-,46,47,48,49)/p+1. The number of benzene rings is 2. The zero-order valence-electron chi connectivity index (χ0n) is 30.2. The number of nitriles is 1. The molecule has 7 nitrogen and oxygen atoms in total. The van der Waals surface area contributed by atoms with Crippen LogP contribution >= 0.6 is 0 Å². The minimum absolute atomic E-state index is 0.103. The van der Waals surface area contributed by atoms with E-state index in [0.717, 1.165) is 104 Å². The molecule has 0 fully saturated rings. The highest BCUT2D eigenvalue weighted by atomic mass is 19.1. The molecule has 0 aromatic heterocycles. The van der Waals surface area contributed by atoms with Crippen molar-refractivity contribution in [2.24, 2.45) is 0 Å². The SMILES string of the molecule is CCCCC1(CCCC)C(/C(C#N)=C2/N(CCC(=O)O)c3ccc(F)cc3C2(CCCC)CCCC)=[N+](CCC(=O)O)c2c(C)cccc21. The Bertz CT molecular complexity index is 1620. The van der Waals surface area contributed by atoms with Crippen LogP contribution in [0.25, 0.3) is 0 Å². The second-order valence-corrected chi connectivity index (χ2v) is 14.0. The fourth-order valence-corrected chi connectivity index (χ4v) is 8.55. The number of para-hydroxylation sites is 1. The Morgan fingerprint density at radius 3 is 1.94 bits per heavy atom. The van der Waals surface area contributed by atoms with E-state index in [1.165, 1.54) is 6.07 Å². The van der Waals surface area contributed by atoms with Gasteiger partial charge < -0.3 is 15.1 Å². The lowest BCUT2D eigenvalue weighted by atomic mass is 9.65. The molecule has 2 aliphatic heterocycles. The Hall–Kier alpha value is -3.99. The summed E-state index contributed by atoms with van der Waals surface area (Å²) in [6, 6.07) is 13.8. The number of carboxylic acids is 2. The average molecular weight is 673 g/mol. The Kier molecular flexibility index (Phi) is 12.8. The first-order chi connectivity index (χ1) is 23.6. The lowest BCUT2D eigenvalue weighted by molar-refractivity contribution is -0.437. The number of aliphatic carboxylic acids is 2. The molecule has 49 heavy (non-hydrogen) atoms. The molecular formula is C41H55FN3O4+. The molecule has 2 heterocycles. The van der Waals surface area contributed by atoms with E-state index < -0.39 is 22.8 Å². The number of aryl methyl sites for hydroxylation is 1. The second-order valence-electron chi connectivity index (χ2n) is 14.0. The van der Waals surface area contributed by atoms with Gasteiger partial charge in [0, 0.05) is 28.8 Å². The van der Waals surface area contributed by atoms with Crippen LogP contribution in [0.3, 0.4) is 0 Å². The van der Waals surface area contributed by atoms with Gasteiger partial charge in [-0.1, -0.05) is 97.3 Å². The summed E-state index contributed by atoms with van der Waals surface area (Å²) in [6.07, 6.45) is 10.0. The Balaban J connectivity index is 2.25. The van der Waals surface area contributed by atoms with Crippen LogP contribution in [0.4, 0.5) is 15.8 Å². The van der Waals surface area contributed by atoms with Crippen molar-refractivity contribution in [3.63, 3.8) is 0 Å². The van der Waals surface area contributed by atoms with Crippen molar-refractivity contribution in [1.82, 2.24) is 0 Å². The molecule has 0 radical (unpaired) electrons. The van der Waals surface area contributed by atoms with Crippen molar-refractivity contribution in [3.05, 3.63) is 70.2 Å². The van der Waals surface area contributed by atoms with Crippen molar-refractivity contribution in [2.45, 2.75) is 135 Å². The second kappa shape index (κ2) is 16.6. The first-order valence-corrected chi connectivity index (χ1v) is 18.5. The maximum Gasteiger partial charge on any atom is 0.309 e. The van der Waals surface area contributed by atoms with Crippen molar-refractivity contribution >= 4 is 29.0 Å². The number of carbonyl (C=O) groups is 2. The van der Waals surface area contributed by atoms with Gasteiger partial charge >= 0.3 is 11.9 Å². The summed E-state index contributed by atoms with van der Waals surface area (Å²) in [4.78, 5) is 26.3. The van der Waals surface area contributed by atoms with Gasteiger partial charge in [0.15, 0.2) is 6.54 Å². The van der Waals surface area contributed by atoms with Crippen LogP contribution in [-0.2, 0) is 20.4 Å². The minimum Gasteiger partial charge on any atom is -0.481 e. The van der Waals surface area contributed by atoms with Crippen LogP contribution in [0.5, 0.6) is 0 Å². The van der Waals surface area contributed by atoms with Gasteiger partial charge in [-0.2, -0.15) is 9.84 Å². The molecule has 0 aliphatic carbocycles. The highest BCUT2D eigenvalue weighted by Crippen LogP contribution is 2.57. The van der Waals surface area contributed by atoms with Crippen molar-refractivity contribution in [2.75, 3.05) is 18.0 Å². The number of hydrogen-bond acceptors (Lipinski definition) is 4. The van der Waals surface area contributed by atoms with E-state index >= 15 is 4.39 Å². The maximum atomic E-state index is 15.3. The normalized spacial score (nSPS) is 16.8. The van der Waals surface area contributed by atoms with E-state index in [1.807, 2.05) is 4.90 Å². The van der Waals surface area contributed by atoms with E-state index in [-0.39, 0.29) is 31.7 Å². The highest BCUT2D eigenvalue weighted by molar-refractivity contribution is 6.12. The largest absolute Gasteiger partial charge is 0.481 e. The van der Waals surface area contributed by atoms with E-state index in [2.05, 4.69) is 63.5 Å². The highest BCUT2D eigenvalue weighted by Gasteiger charge is 2.57. The van der Waals surface area contributed by atoms with E-state index in [1.54, 1.807) is 12.1 Å². The average Bonchev–Trinajstić information content (AvgIpc) is 3.50. The zero-order chi connectivity index (χ0) is 35.8. The van der Waals surface area contributed by atoms with Crippen LogP contribution in [0.1, 0.15) is 134 Å². The molecule has 0 atom stereocenters. The summed E-state index contributed by atoms with van der Waals surface area (Å²) in [7, 11) is 0. The number of rotatable bonds is 19. The first kappa shape index (κ1) is 37.8. The van der Waals surface area contributed by atoms with Crippen LogP contribution < -0.4 is 4.90 Å². The molecule has 0 unspecified atom stereocenters. The number of fused-ring (bicyclic) bond motifs is 2. The molecule has 0 saturated carbocycles. The van der Waals surface area contributed by atoms with Crippen LogP contribution in [0.2, 0.25) is 0 Å². The van der Waals surface area contributed by atoms with Gasteiger partial charge in [-0.15, -0.1) is 0 Å². The third-order valence-corrected chi connectivity index (χ3v) is 10.7. The van der Waals surface area contributed by atoms with Crippen molar-refractivity contribution in [3.8, 4) is 6.07 Å². The number of halogens is 1. The Labute approximate surface area is 292 Å². The molecule has 0 saturated heterocycles. The quantitative estimate of drug-likeness (QED) is 0.114. The monoisotopic (exact) mass is 672 g/mol. The number of hydrogen-bond donors (Lipinski definition) is 2. The first-order valence-electron chi connectivity index (χ1n) is 18.5. The fourth-order valence-electron chi connectivity index (χ4n) is 8.55. The van der Waals surface area contributed by atoms with Crippen molar-refractivity contribution < 1.29 is 28.8 Å². The molecule has 0 amide bonds. The van der Waals surface area contributed by atoms with Gasteiger partial charge in [0.2, 0.25) is 11.4 Å². The van der Waals surface area contributed by atoms with Gasteiger partial charge in [-0.05, 0) is 56.4 Å². The molecule has 2 aliphatic rings. The summed E-state index contributed by atoms with van der Waals surface area (Å²) in [5.41, 5.74) is 5.53. The fraction of sp³-hybridized carbons (Fsp3) is 0.561. The lowest BCUT2D eigenvalue weighted by Crippen LogP contribution is -2.42. The molecule has 2 N–H and O–H groups in total. The zero-order valence-corrected chi connectivity index (χ0v) is 30.2. The third kappa shape index (κ3) is 7.32. The smallest absolute Gasteiger partial charge is 0.309 e. The Morgan fingerprint density at radius 2 is 1.41 bits per heavy atom. The minimum atomic E-state index is -0.944. The predicted octanol–water partition coefficient (Wildman–Crippen LogP) is 9.72. The lowest BCUT2D eigenvalue weighted by Gasteiger charge is -2.36. The van der Waals surface area contributed by atoms with Gasteiger partial charge in [0.1, 0.15) is 23.9 Å². The van der Waals surface area contributed by atoms with Gasteiger partial charge in [0.25, 0.3) is 0 Å². The number of allylic oxidation sites excluding steroid dienone is 2. The number of carboxylic acid groups (broad SMARTS) is 2. The summed E-state index contributed by atoms with van der Waals surface area (Å²) in [6.45, 7) is 11.0.